The monoisotopic (exact) mass is 392 g/mol. The number of thiazole rings is 1. The second-order valence-corrected chi connectivity index (χ2v) is 15.5. The molecule has 0 unspecified atom stereocenters. The van der Waals surface area contributed by atoms with Gasteiger partial charge in [0.1, 0.15) is 19.5 Å². The number of hydrogen-bond acceptors (Lipinski definition) is 5. The van der Waals surface area contributed by atoms with E-state index in [0.29, 0.717) is 27.7 Å². The Bertz CT molecular complexity index is 776. The van der Waals surface area contributed by atoms with Crippen LogP contribution in [0, 0.1) is 0 Å². The summed E-state index contributed by atoms with van der Waals surface area (Å²) in [4.78, 5) is 22.0. The van der Waals surface area contributed by atoms with E-state index in [1.807, 2.05) is 13.8 Å². The molecule has 26 heavy (non-hydrogen) atoms. The number of pyridine rings is 1. The van der Waals surface area contributed by atoms with Gasteiger partial charge in [0, 0.05) is 12.2 Å². The fourth-order valence-corrected chi connectivity index (χ4v) is 14.0. The van der Waals surface area contributed by atoms with Gasteiger partial charge in [0.2, 0.25) is 0 Å². The molecule has 3 N–H and O–H groups in total. The number of aromatic nitrogens is 2. The van der Waals surface area contributed by atoms with Crippen LogP contribution in [0.15, 0.2) is 6.20 Å². The lowest BCUT2D eigenvalue weighted by molar-refractivity contribution is 0.0945. The van der Waals surface area contributed by atoms with Crippen LogP contribution >= 0.6 is 11.3 Å². The summed E-state index contributed by atoms with van der Waals surface area (Å²) in [6.45, 7) is 17.8. The second-order valence-electron chi connectivity index (χ2n) is 8.28. The Balaban J connectivity index is 2.74. The molecule has 0 atom stereocenters. The Morgan fingerprint density at radius 2 is 1.62 bits per heavy atom. The van der Waals surface area contributed by atoms with Gasteiger partial charge in [-0.1, -0.05) is 41.5 Å². The van der Waals surface area contributed by atoms with Crippen LogP contribution in [-0.4, -0.2) is 30.0 Å². The fourth-order valence-electron chi connectivity index (χ4n) is 4.40. The number of carbonyl (C=O) groups excluding carboxylic acids is 1. The normalized spacial score (nSPS) is 12.8. The van der Waals surface area contributed by atoms with Crippen LogP contribution < -0.4 is 15.7 Å². The molecule has 0 aromatic carbocycles. The summed E-state index contributed by atoms with van der Waals surface area (Å²) in [5.41, 5.74) is 8.85. The molecule has 0 spiro atoms. The highest BCUT2D eigenvalue weighted by atomic mass is 32.1. The van der Waals surface area contributed by atoms with Gasteiger partial charge in [-0.2, -0.15) is 0 Å². The smallest absolute Gasteiger partial charge is 0.257 e. The summed E-state index contributed by atoms with van der Waals surface area (Å²) in [6, 6.07) is 0.0331. The first-order chi connectivity index (χ1) is 12.0. The first kappa shape index (κ1) is 20.8. The molecule has 2 aromatic heterocycles. The molecule has 2 heterocycles. The molecule has 0 saturated carbocycles. The van der Waals surface area contributed by atoms with Gasteiger partial charge in [-0.3, -0.25) is 4.79 Å². The van der Waals surface area contributed by atoms with E-state index in [1.165, 1.54) is 4.63 Å². The molecule has 2 aromatic rings. The van der Waals surface area contributed by atoms with Gasteiger partial charge in [0.05, 0.1) is 14.8 Å². The lowest BCUT2D eigenvalue weighted by atomic mass is 10.2. The average Bonchev–Trinajstić information content (AvgIpc) is 2.89. The maximum Gasteiger partial charge on any atom is 0.257 e. The zero-order valence-electron chi connectivity index (χ0n) is 17.2. The Labute approximate surface area is 161 Å². The SMILES string of the molecule is CC(C)NC(=O)c1c(N)ncc2sc([Si](C(C)C)(C(C)C)C(C)C)nc12. The summed E-state index contributed by atoms with van der Waals surface area (Å²) >= 11 is 1.70. The molecule has 0 radical (unpaired) electrons. The Morgan fingerprint density at radius 3 is 2.08 bits per heavy atom. The van der Waals surface area contributed by atoms with Gasteiger partial charge in [-0.15, -0.1) is 11.3 Å². The van der Waals surface area contributed by atoms with E-state index in [4.69, 9.17) is 10.7 Å². The third-order valence-corrected chi connectivity index (χ3v) is 14.1. The minimum atomic E-state index is -1.89. The Kier molecular flexibility index (Phi) is 6.12. The van der Waals surface area contributed by atoms with Crippen molar-refractivity contribution < 1.29 is 4.79 Å². The number of amides is 1. The second kappa shape index (κ2) is 7.64. The molecule has 2 rings (SSSR count). The zero-order valence-corrected chi connectivity index (χ0v) is 19.0. The maximum absolute atomic E-state index is 12.7. The summed E-state index contributed by atoms with van der Waals surface area (Å²) in [7, 11) is -1.89. The van der Waals surface area contributed by atoms with Crippen molar-refractivity contribution >= 4 is 46.0 Å². The molecule has 0 fully saturated rings. The van der Waals surface area contributed by atoms with Crippen LogP contribution in [-0.2, 0) is 0 Å². The van der Waals surface area contributed by atoms with Crippen molar-refractivity contribution in [2.45, 2.75) is 78.1 Å². The third kappa shape index (κ3) is 3.39. The third-order valence-electron chi connectivity index (χ3n) is 5.35. The molecule has 7 heteroatoms. The standard InChI is InChI=1S/C19H32N4OSSi/c1-10(2)22-18(24)15-16-14(9-21-17(15)20)25-19(23-16)26(11(3)4,12(5)6)13(7)8/h9-13H,1-8H3,(H2,20,21)(H,22,24). The average molecular weight is 393 g/mol. The van der Waals surface area contributed by atoms with Crippen molar-refractivity contribution in [3.05, 3.63) is 11.8 Å². The van der Waals surface area contributed by atoms with Crippen molar-refractivity contribution in [2.75, 3.05) is 5.73 Å². The number of rotatable bonds is 6. The van der Waals surface area contributed by atoms with Gasteiger partial charge < -0.3 is 11.1 Å². The molecular weight excluding hydrogens is 360 g/mol. The van der Waals surface area contributed by atoms with Crippen molar-refractivity contribution in [1.82, 2.24) is 15.3 Å². The van der Waals surface area contributed by atoms with Crippen molar-refractivity contribution in [3.63, 3.8) is 0 Å². The van der Waals surface area contributed by atoms with E-state index in [-0.39, 0.29) is 17.8 Å². The summed E-state index contributed by atoms with van der Waals surface area (Å²) in [5.74, 6) is 0.0526. The van der Waals surface area contributed by atoms with Gasteiger partial charge in [0.25, 0.3) is 5.91 Å². The van der Waals surface area contributed by atoms with E-state index in [1.54, 1.807) is 17.5 Å². The molecule has 0 bridgehead atoms. The Hall–Kier alpha value is -1.47. The number of fused-ring (bicyclic) bond motifs is 1. The van der Waals surface area contributed by atoms with Gasteiger partial charge in [0.15, 0.2) is 0 Å². The van der Waals surface area contributed by atoms with Crippen LogP contribution in [0.4, 0.5) is 5.82 Å². The maximum atomic E-state index is 12.7. The summed E-state index contributed by atoms with van der Waals surface area (Å²) in [6.07, 6.45) is 1.76. The molecular formula is C19H32N4OSSi. The van der Waals surface area contributed by atoms with Gasteiger partial charge in [-0.25, -0.2) is 9.97 Å². The molecule has 0 aliphatic carbocycles. The minimum absolute atomic E-state index is 0.0331. The van der Waals surface area contributed by atoms with Gasteiger partial charge >= 0.3 is 0 Å². The fraction of sp³-hybridized carbons (Fsp3) is 0.632. The van der Waals surface area contributed by atoms with E-state index >= 15 is 0 Å². The molecule has 144 valence electrons. The highest BCUT2D eigenvalue weighted by Crippen LogP contribution is 2.42. The molecule has 5 nitrogen and oxygen atoms in total. The quantitative estimate of drug-likeness (QED) is 0.718. The highest BCUT2D eigenvalue weighted by molar-refractivity contribution is 7.31. The van der Waals surface area contributed by atoms with Crippen LogP contribution in [0.2, 0.25) is 16.6 Å². The van der Waals surface area contributed by atoms with Crippen LogP contribution in [0.1, 0.15) is 65.7 Å². The summed E-state index contributed by atoms with van der Waals surface area (Å²) < 4.78 is 2.15. The lowest BCUT2D eigenvalue weighted by Gasteiger charge is -2.41. The van der Waals surface area contributed by atoms with Crippen LogP contribution in [0.3, 0.4) is 0 Å². The number of nitrogens with two attached hydrogens (primary N) is 1. The summed E-state index contributed by atoms with van der Waals surface area (Å²) in [5, 5.41) is 2.93. The highest BCUT2D eigenvalue weighted by Gasteiger charge is 2.47. The molecule has 0 aliphatic rings. The first-order valence-electron chi connectivity index (χ1n) is 9.39. The lowest BCUT2D eigenvalue weighted by Crippen LogP contribution is -2.55. The van der Waals surface area contributed by atoms with E-state index in [9.17, 15) is 4.79 Å². The van der Waals surface area contributed by atoms with E-state index in [0.717, 1.165) is 4.70 Å². The van der Waals surface area contributed by atoms with Crippen molar-refractivity contribution in [1.29, 1.82) is 0 Å². The predicted molar refractivity (Wildman–Crippen MR) is 115 cm³/mol. The van der Waals surface area contributed by atoms with Crippen molar-refractivity contribution in [3.8, 4) is 0 Å². The number of nitrogens with zero attached hydrogens (tertiary/aromatic N) is 2. The molecule has 1 amide bonds. The first-order valence-corrected chi connectivity index (χ1v) is 12.4. The van der Waals surface area contributed by atoms with E-state index < -0.39 is 8.07 Å². The largest absolute Gasteiger partial charge is 0.383 e. The number of nitrogens with one attached hydrogen (secondary N) is 1. The van der Waals surface area contributed by atoms with Crippen LogP contribution in [0.5, 0.6) is 0 Å². The number of anilines is 1. The molecule has 0 aliphatic heterocycles. The number of nitrogen functional groups attached to an aromatic ring is 1. The van der Waals surface area contributed by atoms with E-state index in [2.05, 4.69) is 51.8 Å². The number of carbonyl (C=O) groups is 1. The molecule has 0 saturated heterocycles. The number of hydrogen-bond donors (Lipinski definition) is 2. The topological polar surface area (TPSA) is 80.9 Å². The van der Waals surface area contributed by atoms with Crippen LogP contribution in [0.25, 0.3) is 10.2 Å². The Morgan fingerprint density at radius 1 is 1.08 bits per heavy atom. The van der Waals surface area contributed by atoms with Crippen molar-refractivity contribution in [2.24, 2.45) is 0 Å². The van der Waals surface area contributed by atoms with Gasteiger partial charge in [-0.05, 0) is 30.5 Å². The predicted octanol–water partition coefficient (Wildman–Crippen LogP) is 4.30. The minimum Gasteiger partial charge on any atom is -0.383 e. The zero-order chi connectivity index (χ0) is 19.8.